The van der Waals surface area contributed by atoms with Crippen LogP contribution < -0.4 is 9.64 Å². The van der Waals surface area contributed by atoms with Gasteiger partial charge in [0.2, 0.25) is 0 Å². The van der Waals surface area contributed by atoms with Gasteiger partial charge in [-0.05, 0) is 42.8 Å². The number of fused-ring (bicyclic) bond motifs is 1. The predicted molar refractivity (Wildman–Crippen MR) is 80.4 cm³/mol. The molecule has 20 heavy (non-hydrogen) atoms. The minimum atomic E-state index is 0.174. The van der Waals surface area contributed by atoms with Crippen molar-refractivity contribution in [3.05, 3.63) is 30.5 Å². The molecule has 1 unspecified atom stereocenters. The Kier molecular flexibility index (Phi) is 3.74. The summed E-state index contributed by atoms with van der Waals surface area (Å²) in [6.07, 6.45) is 5.19. The number of hydrogen-bond acceptors (Lipinski definition) is 4. The van der Waals surface area contributed by atoms with E-state index < -0.39 is 0 Å². The molecule has 2 heterocycles. The lowest BCUT2D eigenvalue weighted by molar-refractivity contribution is 0.239. The number of methoxy groups -OCH3 is 1. The minimum absolute atomic E-state index is 0.174. The summed E-state index contributed by atoms with van der Waals surface area (Å²) in [5.74, 6) is 1.80. The molecule has 1 aromatic carbocycles. The molecule has 0 saturated carbocycles. The number of nitrogens with zero attached hydrogens (tertiary/aromatic N) is 2. The number of hydrogen-bond donors (Lipinski definition) is 1. The van der Waals surface area contributed by atoms with E-state index in [4.69, 9.17) is 4.74 Å². The first-order valence-electron chi connectivity index (χ1n) is 7.13. The predicted octanol–water partition coefficient (Wildman–Crippen LogP) is 2.59. The van der Waals surface area contributed by atoms with Gasteiger partial charge in [0.05, 0.1) is 19.8 Å². The van der Waals surface area contributed by atoms with Crippen molar-refractivity contribution in [1.29, 1.82) is 0 Å². The van der Waals surface area contributed by atoms with Gasteiger partial charge in [-0.1, -0.05) is 6.07 Å². The molecule has 1 atom stereocenters. The van der Waals surface area contributed by atoms with Crippen LogP contribution in [0.2, 0.25) is 0 Å². The van der Waals surface area contributed by atoms with Crippen LogP contribution in [-0.2, 0) is 0 Å². The van der Waals surface area contributed by atoms with Gasteiger partial charge in [-0.2, -0.15) is 0 Å². The first kappa shape index (κ1) is 13.2. The molecule has 106 valence electrons. The molecule has 4 nitrogen and oxygen atoms in total. The van der Waals surface area contributed by atoms with Crippen LogP contribution in [0.4, 0.5) is 5.82 Å². The summed E-state index contributed by atoms with van der Waals surface area (Å²) in [7, 11) is 1.68. The third-order valence-electron chi connectivity index (χ3n) is 4.06. The molecule has 0 bridgehead atoms. The fourth-order valence-corrected chi connectivity index (χ4v) is 2.96. The van der Waals surface area contributed by atoms with E-state index in [1.165, 1.54) is 6.42 Å². The zero-order chi connectivity index (χ0) is 13.9. The van der Waals surface area contributed by atoms with Crippen LogP contribution in [0.15, 0.2) is 30.5 Å². The quantitative estimate of drug-likeness (QED) is 0.933. The molecule has 0 radical (unpaired) electrons. The van der Waals surface area contributed by atoms with Crippen LogP contribution in [0.5, 0.6) is 5.75 Å². The fourth-order valence-electron chi connectivity index (χ4n) is 2.96. The Morgan fingerprint density at radius 2 is 2.25 bits per heavy atom. The Labute approximate surface area is 119 Å². The highest BCUT2D eigenvalue weighted by Gasteiger charge is 2.24. The van der Waals surface area contributed by atoms with Crippen molar-refractivity contribution in [2.45, 2.75) is 25.3 Å². The molecular weight excluding hydrogens is 252 g/mol. The van der Waals surface area contributed by atoms with Gasteiger partial charge in [0.25, 0.3) is 0 Å². The summed E-state index contributed by atoms with van der Waals surface area (Å²) in [6.45, 7) is 1.14. The van der Waals surface area contributed by atoms with E-state index >= 15 is 0 Å². The molecule has 1 N–H and O–H groups in total. The number of benzene rings is 1. The minimum Gasteiger partial charge on any atom is -0.497 e. The van der Waals surface area contributed by atoms with Gasteiger partial charge < -0.3 is 14.7 Å². The van der Waals surface area contributed by atoms with Gasteiger partial charge in [0.1, 0.15) is 11.6 Å². The molecular formula is C16H20N2O2. The van der Waals surface area contributed by atoms with E-state index in [2.05, 4.69) is 16.0 Å². The third kappa shape index (κ3) is 2.31. The second-order valence-electron chi connectivity index (χ2n) is 5.25. The van der Waals surface area contributed by atoms with E-state index in [-0.39, 0.29) is 12.6 Å². The maximum absolute atomic E-state index is 9.60. The number of piperidine rings is 1. The lowest BCUT2D eigenvalue weighted by Crippen LogP contribution is -2.42. The molecule has 0 aliphatic carbocycles. The lowest BCUT2D eigenvalue weighted by Gasteiger charge is -2.36. The molecule has 4 heteroatoms. The standard InChI is InChI=1S/C16H20N2O2/c1-20-14-6-5-12-7-8-17-16(15(12)10-14)18-9-3-2-4-13(18)11-19/h5-8,10,13,19H,2-4,9,11H2,1H3. The van der Waals surface area contributed by atoms with E-state index in [9.17, 15) is 5.11 Å². The summed E-state index contributed by atoms with van der Waals surface area (Å²) in [5, 5.41) is 11.8. The second-order valence-corrected chi connectivity index (χ2v) is 5.25. The average Bonchev–Trinajstić information content (AvgIpc) is 2.53. The molecule has 0 amide bonds. The van der Waals surface area contributed by atoms with Gasteiger partial charge >= 0.3 is 0 Å². The highest BCUT2D eigenvalue weighted by Crippen LogP contribution is 2.31. The zero-order valence-corrected chi connectivity index (χ0v) is 11.7. The summed E-state index contributed by atoms with van der Waals surface area (Å²) in [5.41, 5.74) is 0. The van der Waals surface area contributed by atoms with Crippen LogP contribution in [-0.4, -0.2) is 36.4 Å². The highest BCUT2D eigenvalue weighted by atomic mass is 16.5. The van der Waals surface area contributed by atoms with Gasteiger partial charge in [0.15, 0.2) is 0 Å². The van der Waals surface area contributed by atoms with Crippen LogP contribution in [0.1, 0.15) is 19.3 Å². The van der Waals surface area contributed by atoms with Crippen molar-refractivity contribution in [3.8, 4) is 5.75 Å². The first-order chi connectivity index (χ1) is 9.83. The Bertz CT molecular complexity index is 600. The maximum atomic E-state index is 9.60. The first-order valence-corrected chi connectivity index (χ1v) is 7.13. The Morgan fingerprint density at radius 3 is 3.05 bits per heavy atom. The van der Waals surface area contributed by atoms with E-state index in [0.29, 0.717) is 0 Å². The normalized spacial score (nSPS) is 19.3. The topological polar surface area (TPSA) is 45.6 Å². The van der Waals surface area contributed by atoms with E-state index in [1.54, 1.807) is 7.11 Å². The highest BCUT2D eigenvalue weighted by molar-refractivity contribution is 5.93. The Hall–Kier alpha value is -1.81. The molecule has 1 aliphatic heterocycles. The van der Waals surface area contributed by atoms with Gasteiger partial charge in [-0.25, -0.2) is 4.98 Å². The van der Waals surface area contributed by atoms with Crippen molar-refractivity contribution in [3.63, 3.8) is 0 Å². The van der Waals surface area contributed by atoms with Crippen molar-refractivity contribution < 1.29 is 9.84 Å². The smallest absolute Gasteiger partial charge is 0.136 e. The van der Waals surface area contributed by atoms with Gasteiger partial charge in [0, 0.05) is 18.1 Å². The second kappa shape index (κ2) is 5.67. The molecule has 0 spiro atoms. The van der Waals surface area contributed by atoms with Crippen LogP contribution in [0, 0.1) is 0 Å². The number of rotatable bonds is 3. The number of pyridine rings is 1. The van der Waals surface area contributed by atoms with Gasteiger partial charge in [-0.3, -0.25) is 0 Å². The van der Waals surface area contributed by atoms with Crippen LogP contribution in [0.3, 0.4) is 0 Å². The van der Waals surface area contributed by atoms with Crippen LogP contribution in [0.25, 0.3) is 10.8 Å². The zero-order valence-electron chi connectivity index (χ0n) is 11.7. The largest absolute Gasteiger partial charge is 0.497 e. The summed E-state index contributed by atoms with van der Waals surface area (Å²) >= 11 is 0. The number of aromatic nitrogens is 1. The number of aliphatic hydroxyl groups is 1. The monoisotopic (exact) mass is 272 g/mol. The van der Waals surface area contributed by atoms with E-state index in [1.807, 2.05) is 24.4 Å². The van der Waals surface area contributed by atoms with Crippen molar-refractivity contribution >= 4 is 16.6 Å². The van der Waals surface area contributed by atoms with Crippen LogP contribution >= 0.6 is 0 Å². The number of ether oxygens (including phenoxy) is 1. The molecule has 1 fully saturated rings. The summed E-state index contributed by atoms with van der Waals surface area (Å²) < 4.78 is 5.32. The maximum Gasteiger partial charge on any atom is 0.136 e. The lowest BCUT2D eigenvalue weighted by atomic mass is 10.0. The van der Waals surface area contributed by atoms with Gasteiger partial charge in [-0.15, -0.1) is 0 Å². The average molecular weight is 272 g/mol. The molecule has 2 aromatic rings. The number of anilines is 1. The summed E-state index contributed by atoms with van der Waals surface area (Å²) in [6, 6.07) is 8.23. The fraction of sp³-hybridized carbons (Fsp3) is 0.438. The summed E-state index contributed by atoms with van der Waals surface area (Å²) in [4.78, 5) is 6.80. The molecule has 1 aliphatic rings. The Morgan fingerprint density at radius 1 is 1.35 bits per heavy atom. The molecule has 1 saturated heterocycles. The van der Waals surface area contributed by atoms with Crippen molar-refractivity contribution in [1.82, 2.24) is 4.98 Å². The van der Waals surface area contributed by atoms with Crippen molar-refractivity contribution in [2.24, 2.45) is 0 Å². The number of aliphatic hydroxyl groups excluding tert-OH is 1. The van der Waals surface area contributed by atoms with E-state index in [0.717, 1.165) is 41.7 Å². The molecule has 3 rings (SSSR count). The third-order valence-corrected chi connectivity index (χ3v) is 4.06. The SMILES string of the molecule is COc1ccc2ccnc(N3CCCCC3CO)c2c1. The molecule has 1 aromatic heterocycles. The van der Waals surface area contributed by atoms with Crippen molar-refractivity contribution in [2.75, 3.05) is 25.2 Å². The Balaban J connectivity index is 2.09.